The molecule has 1 aromatic heterocycles. The lowest BCUT2D eigenvalue weighted by Crippen LogP contribution is -2.35. The second-order valence-corrected chi connectivity index (χ2v) is 4.81. The van der Waals surface area contributed by atoms with Crippen molar-refractivity contribution in [3.63, 3.8) is 0 Å². The Labute approximate surface area is 99.2 Å². The van der Waals surface area contributed by atoms with Crippen molar-refractivity contribution in [3.05, 3.63) is 16.3 Å². The Hall–Kier alpha value is -1.79. The van der Waals surface area contributed by atoms with Crippen LogP contribution in [0.4, 0.5) is 4.79 Å². The van der Waals surface area contributed by atoms with E-state index in [1.807, 2.05) is 0 Å². The van der Waals surface area contributed by atoms with Crippen LogP contribution < -0.4 is 11.0 Å². The molecule has 7 nitrogen and oxygen atoms in total. The number of rotatable bonds is 2. The Bertz CT molecular complexity index is 455. The number of aromatic amines is 1. The lowest BCUT2D eigenvalue weighted by molar-refractivity contribution is 0.0505. The van der Waals surface area contributed by atoms with Crippen molar-refractivity contribution in [1.29, 1.82) is 0 Å². The summed E-state index contributed by atoms with van der Waals surface area (Å²) in [6, 6.07) is -0.409. The highest BCUT2D eigenvalue weighted by Crippen LogP contribution is 2.10. The first-order chi connectivity index (χ1) is 7.70. The summed E-state index contributed by atoms with van der Waals surface area (Å²) in [7, 11) is 1.58. The van der Waals surface area contributed by atoms with E-state index in [9.17, 15) is 9.59 Å². The molecule has 0 spiro atoms. The van der Waals surface area contributed by atoms with Crippen LogP contribution in [-0.2, 0) is 11.8 Å². The summed E-state index contributed by atoms with van der Waals surface area (Å²) in [5.74, 6) is 0.445. The molecule has 17 heavy (non-hydrogen) atoms. The van der Waals surface area contributed by atoms with Crippen molar-refractivity contribution < 1.29 is 9.53 Å². The number of carbonyl (C=O) groups excluding carboxylic acids is 1. The first-order valence-corrected chi connectivity index (χ1v) is 5.31. The summed E-state index contributed by atoms with van der Waals surface area (Å²) in [4.78, 5) is 22.7. The molecule has 0 saturated heterocycles. The van der Waals surface area contributed by atoms with Gasteiger partial charge in [-0.1, -0.05) is 0 Å². The highest BCUT2D eigenvalue weighted by Gasteiger charge is 2.20. The van der Waals surface area contributed by atoms with E-state index in [2.05, 4.69) is 15.5 Å². The Kier molecular flexibility index (Phi) is 3.59. The van der Waals surface area contributed by atoms with Crippen LogP contribution in [0.5, 0.6) is 0 Å². The first-order valence-electron chi connectivity index (χ1n) is 5.31. The summed E-state index contributed by atoms with van der Waals surface area (Å²) >= 11 is 0. The van der Waals surface area contributed by atoms with Crippen LogP contribution in [0, 0.1) is 0 Å². The number of amides is 1. The molecular formula is C10H18N4O3. The van der Waals surface area contributed by atoms with Crippen molar-refractivity contribution in [1.82, 2.24) is 20.1 Å². The molecule has 0 aliphatic rings. The van der Waals surface area contributed by atoms with Gasteiger partial charge in [0, 0.05) is 7.05 Å². The van der Waals surface area contributed by atoms with Crippen molar-refractivity contribution in [2.45, 2.75) is 39.3 Å². The lowest BCUT2D eigenvalue weighted by atomic mass is 10.2. The predicted octanol–water partition coefficient (Wildman–Crippen LogP) is 0.694. The van der Waals surface area contributed by atoms with Crippen LogP contribution in [0.1, 0.15) is 39.6 Å². The highest BCUT2D eigenvalue weighted by atomic mass is 16.6. The van der Waals surface area contributed by atoms with Gasteiger partial charge in [0.15, 0.2) is 5.82 Å². The zero-order valence-electron chi connectivity index (χ0n) is 10.7. The van der Waals surface area contributed by atoms with Crippen LogP contribution >= 0.6 is 0 Å². The third kappa shape index (κ3) is 3.61. The van der Waals surface area contributed by atoms with Gasteiger partial charge in [-0.15, -0.1) is 0 Å². The van der Waals surface area contributed by atoms with Gasteiger partial charge >= 0.3 is 11.8 Å². The number of aromatic nitrogens is 3. The molecule has 1 rings (SSSR count). The molecule has 2 N–H and O–H groups in total. The van der Waals surface area contributed by atoms with Crippen molar-refractivity contribution in [2.75, 3.05) is 0 Å². The fraction of sp³-hybridized carbons (Fsp3) is 0.700. The number of hydrogen-bond acceptors (Lipinski definition) is 4. The maximum atomic E-state index is 11.5. The van der Waals surface area contributed by atoms with E-state index in [-0.39, 0.29) is 5.69 Å². The van der Waals surface area contributed by atoms with Crippen LogP contribution in [0.3, 0.4) is 0 Å². The Morgan fingerprint density at radius 2 is 2.12 bits per heavy atom. The smallest absolute Gasteiger partial charge is 0.408 e. The summed E-state index contributed by atoms with van der Waals surface area (Å²) < 4.78 is 6.44. The van der Waals surface area contributed by atoms with Gasteiger partial charge in [-0.05, 0) is 27.7 Å². The van der Waals surface area contributed by atoms with Gasteiger partial charge in [0.25, 0.3) is 0 Å². The lowest BCUT2D eigenvalue weighted by Gasteiger charge is -2.21. The highest BCUT2D eigenvalue weighted by molar-refractivity contribution is 5.68. The molecule has 1 aromatic rings. The van der Waals surface area contributed by atoms with E-state index in [1.165, 1.54) is 4.57 Å². The van der Waals surface area contributed by atoms with E-state index < -0.39 is 17.7 Å². The van der Waals surface area contributed by atoms with Crippen LogP contribution in [0.15, 0.2) is 4.79 Å². The van der Waals surface area contributed by atoms with Gasteiger partial charge in [0.05, 0.1) is 6.04 Å². The Morgan fingerprint density at radius 3 is 2.53 bits per heavy atom. The van der Waals surface area contributed by atoms with Gasteiger partial charge in [0.2, 0.25) is 0 Å². The van der Waals surface area contributed by atoms with Crippen molar-refractivity contribution in [3.8, 4) is 0 Å². The summed E-state index contributed by atoms with van der Waals surface area (Å²) in [5.41, 5.74) is -0.876. The minimum atomic E-state index is -0.554. The zero-order valence-corrected chi connectivity index (χ0v) is 10.7. The third-order valence-corrected chi connectivity index (χ3v) is 2.03. The quantitative estimate of drug-likeness (QED) is 0.798. The topological polar surface area (TPSA) is 89.0 Å². The molecule has 0 bridgehead atoms. The second-order valence-electron chi connectivity index (χ2n) is 4.81. The molecule has 0 radical (unpaired) electrons. The Morgan fingerprint density at radius 1 is 1.53 bits per heavy atom. The predicted molar refractivity (Wildman–Crippen MR) is 61.6 cm³/mol. The van der Waals surface area contributed by atoms with Crippen LogP contribution in [-0.4, -0.2) is 26.5 Å². The standard InChI is InChI=1S/C10H18N4O3/c1-6(7-12-13-8(15)14(7)5)11-9(16)17-10(2,3)4/h6H,1-5H3,(H,11,16)(H,13,15)/t6-/m1/s1. The van der Waals surface area contributed by atoms with Gasteiger partial charge in [0.1, 0.15) is 5.60 Å². The summed E-state index contributed by atoms with van der Waals surface area (Å²) in [5, 5.41) is 8.73. The first kappa shape index (κ1) is 13.3. The van der Waals surface area contributed by atoms with Crippen LogP contribution in [0.25, 0.3) is 0 Å². The molecule has 96 valence electrons. The fourth-order valence-electron chi connectivity index (χ4n) is 1.30. The minimum Gasteiger partial charge on any atom is -0.444 e. The van der Waals surface area contributed by atoms with E-state index in [4.69, 9.17) is 4.74 Å². The molecule has 0 aromatic carbocycles. The van der Waals surface area contributed by atoms with Gasteiger partial charge < -0.3 is 10.1 Å². The normalized spacial score (nSPS) is 13.2. The molecule has 7 heteroatoms. The largest absolute Gasteiger partial charge is 0.444 e. The molecular weight excluding hydrogens is 224 g/mol. The number of nitrogens with one attached hydrogen (secondary N) is 2. The molecule has 0 aliphatic carbocycles. The maximum Gasteiger partial charge on any atom is 0.408 e. The van der Waals surface area contributed by atoms with E-state index in [0.29, 0.717) is 5.82 Å². The maximum absolute atomic E-state index is 11.5. The fourth-order valence-corrected chi connectivity index (χ4v) is 1.30. The summed E-state index contributed by atoms with van der Waals surface area (Å²) in [6.07, 6.45) is -0.541. The number of H-pyrrole nitrogens is 1. The van der Waals surface area contributed by atoms with E-state index in [0.717, 1.165) is 0 Å². The van der Waals surface area contributed by atoms with E-state index in [1.54, 1.807) is 34.7 Å². The van der Waals surface area contributed by atoms with E-state index >= 15 is 0 Å². The van der Waals surface area contributed by atoms with Gasteiger partial charge in [-0.25, -0.2) is 14.7 Å². The molecule has 0 aliphatic heterocycles. The molecule has 1 amide bonds. The molecule has 0 unspecified atom stereocenters. The number of ether oxygens (including phenoxy) is 1. The third-order valence-electron chi connectivity index (χ3n) is 2.03. The average molecular weight is 242 g/mol. The summed E-state index contributed by atoms with van der Waals surface area (Å²) in [6.45, 7) is 7.06. The number of nitrogens with zero attached hydrogens (tertiary/aromatic N) is 2. The molecule has 1 heterocycles. The van der Waals surface area contributed by atoms with Crippen LogP contribution in [0.2, 0.25) is 0 Å². The second kappa shape index (κ2) is 4.60. The SMILES string of the molecule is C[C@@H](NC(=O)OC(C)(C)C)c1n[nH]c(=O)n1C. The molecule has 1 atom stereocenters. The Balaban J connectivity index is 2.67. The minimum absolute atomic E-state index is 0.321. The number of hydrogen-bond donors (Lipinski definition) is 2. The number of alkyl carbamates (subject to hydrolysis) is 1. The van der Waals surface area contributed by atoms with Gasteiger partial charge in [-0.3, -0.25) is 4.57 Å². The average Bonchev–Trinajstić information content (AvgIpc) is 2.44. The van der Waals surface area contributed by atoms with Gasteiger partial charge in [-0.2, -0.15) is 5.10 Å². The number of carbonyl (C=O) groups is 1. The van der Waals surface area contributed by atoms with Crippen molar-refractivity contribution >= 4 is 6.09 Å². The zero-order chi connectivity index (χ0) is 13.2. The van der Waals surface area contributed by atoms with Crippen molar-refractivity contribution in [2.24, 2.45) is 7.05 Å². The monoisotopic (exact) mass is 242 g/mol. The molecule has 0 saturated carbocycles. The molecule has 0 fully saturated rings.